The molecule has 2 fully saturated rings. The lowest BCUT2D eigenvalue weighted by Gasteiger charge is -2.12. The zero-order chi connectivity index (χ0) is 12.4. The van der Waals surface area contributed by atoms with Crippen LogP contribution in [0.5, 0.6) is 0 Å². The van der Waals surface area contributed by atoms with E-state index in [2.05, 4.69) is 9.94 Å². The fourth-order valence-electron chi connectivity index (χ4n) is 1.75. The number of rotatable bonds is 3. The SMILES string of the molecule is NC(=O)NN=C1COC2C(O[N+](=O)[O-])COC12. The van der Waals surface area contributed by atoms with E-state index >= 15 is 0 Å². The molecule has 0 bridgehead atoms. The molecule has 0 spiro atoms. The van der Waals surface area contributed by atoms with Crippen molar-refractivity contribution in [1.82, 2.24) is 5.43 Å². The summed E-state index contributed by atoms with van der Waals surface area (Å²) in [5.74, 6) is 0. The molecule has 0 aliphatic carbocycles. The summed E-state index contributed by atoms with van der Waals surface area (Å²) < 4.78 is 10.5. The van der Waals surface area contributed by atoms with E-state index in [0.717, 1.165) is 0 Å². The minimum Gasteiger partial charge on any atom is -0.367 e. The third kappa shape index (κ3) is 2.42. The number of ether oxygens (including phenoxy) is 2. The van der Waals surface area contributed by atoms with Crippen molar-refractivity contribution in [1.29, 1.82) is 0 Å². The first-order valence-corrected chi connectivity index (χ1v) is 4.74. The molecule has 3 atom stereocenters. The number of nitrogens with two attached hydrogens (primary N) is 1. The van der Waals surface area contributed by atoms with Gasteiger partial charge in [-0.05, 0) is 0 Å². The fraction of sp³-hybridized carbons (Fsp3) is 0.714. The predicted molar refractivity (Wildman–Crippen MR) is 51.5 cm³/mol. The molecule has 10 nitrogen and oxygen atoms in total. The van der Waals surface area contributed by atoms with E-state index in [1.807, 2.05) is 5.43 Å². The van der Waals surface area contributed by atoms with Crippen LogP contribution in [0, 0.1) is 10.1 Å². The highest BCUT2D eigenvalue weighted by Gasteiger charge is 2.47. The van der Waals surface area contributed by atoms with E-state index < -0.39 is 29.4 Å². The average molecular weight is 246 g/mol. The first kappa shape index (κ1) is 11.5. The predicted octanol–water partition coefficient (Wildman–Crippen LogP) is -1.61. The summed E-state index contributed by atoms with van der Waals surface area (Å²) in [6.07, 6.45) is -1.92. The van der Waals surface area contributed by atoms with Crippen LogP contribution in [0.25, 0.3) is 0 Å². The monoisotopic (exact) mass is 246 g/mol. The van der Waals surface area contributed by atoms with E-state index in [9.17, 15) is 14.9 Å². The van der Waals surface area contributed by atoms with Gasteiger partial charge in [0.15, 0.2) is 6.10 Å². The summed E-state index contributed by atoms with van der Waals surface area (Å²) in [6, 6.07) is -0.808. The van der Waals surface area contributed by atoms with E-state index in [1.54, 1.807) is 0 Å². The molecule has 2 amide bonds. The Morgan fingerprint density at radius 3 is 3.06 bits per heavy atom. The van der Waals surface area contributed by atoms with Crippen molar-refractivity contribution in [2.45, 2.75) is 18.3 Å². The summed E-state index contributed by atoms with van der Waals surface area (Å²) in [5.41, 5.74) is 7.32. The van der Waals surface area contributed by atoms with E-state index in [1.165, 1.54) is 0 Å². The van der Waals surface area contributed by atoms with Gasteiger partial charge in [0.25, 0.3) is 5.09 Å². The maximum atomic E-state index is 10.5. The number of carbonyl (C=O) groups excluding carboxylic acids is 1. The van der Waals surface area contributed by atoms with Gasteiger partial charge in [-0.1, -0.05) is 0 Å². The highest BCUT2D eigenvalue weighted by atomic mass is 17.0. The molecular formula is C7H10N4O6. The Morgan fingerprint density at radius 2 is 2.41 bits per heavy atom. The van der Waals surface area contributed by atoms with Gasteiger partial charge in [0.05, 0.1) is 18.9 Å². The molecule has 10 heteroatoms. The second-order valence-corrected chi connectivity index (χ2v) is 3.48. The molecule has 17 heavy (non-hydrogen) atoms. The van der Waals surface area contributed by atoms with Crippen molar-refractivity contribution in [2.24, 2.45) is 10.8 Å². The Bertz CT molecular complexity index is 371. The summed E-state index contributed by atoms with van der Waals surface area (Å²) in [7, 11) is 0. The van der Waals surface area contributed by atoms with Crippen LogP contribution >= 0.6 is 0 Å². The van der Waals surface area contributed by atoms with E-state index in [4.69, 9.17) is 15.2 Å². The second-order valence-electron chi connectivity index (χ2n) is 3.48. The Labute approximate surface area is 94.8 Å². The molecule has 3 N–H and O–H groups in total. The Morgan fingerprint density at radius 1 is 1.65 bits per heavy atom. The number of urea groups is 1. The van der Waals surface area contributed by atoms with E-state index in [-0.39, 0.29) is 13.2 Å². The third-order valence-electron chi connectivity index (χ3n) is 2.39. The van der Waals surface area contributed by atoms with Crippen LogP contribution in [0.4, 0.5) is 4.79 Å². The molecule has 0 saturated carbocycles. The maximum absolute atomic E-state index is 10.5. The van der Waals surface area contributed by atoms with Gasteiger partial charge < -0.3 is 20.0 Å². The molecule has 2 saturated heterocycles. The lowest BCUT2D eigenvalue weighted by Crippen LogP contribution is -2.34. The number of nitrogens with zero attached hydrogens (tertiary/aromatic N) is 2. The van der Waals surface area contributed by atoms with Crippen molar-refractivity contribution < 1.29 is 24.2 Å². The van der Waals surface area contributed by atoms with Gasteiger partial charge in [0.1, 0.15) is 12.2 Å². The number of nitrogens with one attached hydrogen (secondary N) is 1. The molecule has 0 aromatic rings. The number of hydrogen-bond acceptors (Lipinski definition) is 7. The smallest absolute Gasteiger partial charge is 0.332 e. The molecule has 0 aromatic heterocycles. The molecule has 0 aromatic carbocycles. The van der Waals surface area contributed by atoms with Crippen LogP contribution in [-0.4, -0.2) is 48.4 Å². The van der Waals surface area contributed by atoms with Crippen LogP contribution in [0.1, 0.15) is 0 Å². The summed E-state index contributed by atoms with van der Waals surface area (Å²) in [5, 5.41) is 13.0. The minimum atomic E-state index is -0.892. The second kappa shape index (κ2) is 4.51. The van der Waals surface area contributed by atoms with Gasteiger partial charge in [0, 0.05) is 0 Å². The zero-order valence-corrected chi connectivity index (χ0v) is 8.57. The molecule has 94 valence electrons. The standard InChI is InChI=1S/C7H10N4O6/c8-7(12)10-9-3-1-15-6-4(17-11(13)14)2-16-5(3)6/h4-6H,1-2H2,(H3,8,10,12). The molecule has 2 rings (SSSR count). The van der Waals surface area contributed by atoms with Gasteiger partial charge in [-0.25, -0.2) is 10.2 Å². The van der Waals surface area contributed by atoms with Gasteiger partial charge in [-0.15, -0.1) is 10.1 Å². The zero-order valence-electron chi connectivity index (χ0n) is 8.57. The highest BCUT2D eigenvalue weighted by Crippen LogP contribution is 2.26. The van der Waals surface area contributed by atoms with Crippen LogP contribution in [0.15, 0.2) is 5.10 Å². The van der Waals surface area contributed by atoms with Gasteiger partial charge in [0.2, 0.25) is 0 Å². The van der Waals surface area contributed by atoms with Gasteiger partial charge in [-0.2, -0.15) is 5.10 Å². The van der Waals surface area contributed by atoms with Crippen LogP contribution in [0.3, 0.4) is 0 Å². The molecule has 2 aliphatic rings. The summed E-state index contributed by atoms with van der Waals surface area (Å²) >= 11 is 0. The Balaban J connectivity index is 1.99. The fourth-order valence-corrected chi connectivity index (χ4v) is 1.75. The number of carbonyl (C=O) groups is 1. The van der Waals surface area contributed by atoms with Crippen molar-refractivity contribution in [3.8, 4) is 0 Å². The Hall–Kier alpha value is -1.94. The largest absolute Gasteiger partial charge is 0.367 e. The first-order valence-electron chi connectivity index (χ1n) is 4.74. The topological polar surface area (TPSA) is 138 Å². The number of fused-ring (bicyclic) bond motifs is 1. The first-order chi connectivity index (χ1) is 8.08. The normalized spacial score (nSPS) is 33.4. The molecule has 3 unspecified atom stereocenters. The quantitative estimate of drug-likeness (QED) is 0.453. The molecular weight excluding hydrogens is 236 g/mol. The maximum Gasteiger partial charge on any atom is 0.332 e. The average Bonchev–Trinajstić information content (AvgIpc) is 2.78. The summed E-state index contributed by atoms with van der Waals surface area (Å²) in [6.45, 7) is 0.138. The lowest BCUT2D eigenvalue weighted by atomic mass is 10.1. The van der Waals surface area contributed by atoms with E-state index in [0.29, 0.717) is 5.71 Å². The molecule has 2 heterocycles. The van der Waals surface area contributed by atoms with Crippen molar-refractivity contribution in [3.05, 3.63) is 10.1 Å². The minimum absolute atomic E-state index is 0.0336. The number of primary amides is 1. The van der Waals surface area contributed by atoms with Crippen LogP contribution < -0.4 is 11.2 Å². The summed E-state index contributed by atoms with van der Waals surface area (Å²) in [4.78, 5) is 25.1. The van der Waals surface area contributed by atoms with Crippen LogP contribution in [-0.2, 0) is 14.3 Å². The number of hydrogen-bond donors (Lipinski definition) is 2. The van der Waals surface area contributed by atoms with Crippen molar-refractivity contribution in [3.63, 3.8) is 0 Å². The van der Waals surface area contributed by atoms with Gasteiger partial charge >= 0.3 is 6.03 Å². The van der Waals surface area contributed by atoms with Gasteiger partial charge in [-0.3, -0.25) is 0 Å². The number of hydrazone groups is 1. The molecule has 0 radical (unpaired) electrons. The van der Waals surface area contributed by atoms with Crippen LogP contribution in [0.2, 0.25) is 0 Å². The number of amides is 2. The van der Waals surface area contributed by atoms with Crippen molar-refractivity contribution in [2.75, 3.05) is 13.2 Å². The highest BCUT2D eigenvalue weighted by molar-refractivity contribution is 5.93. The third-order valence-corrected chi connectivity index (χ3v) is 2.39. The Kier molecular flexibility index (Phi) is 3.06. The van der Waals surface area contributed by atoms with Crippen molar-refractivity contribution >= 4 is 11.7 Å². The molecule has 2 aliphatic heterocycles. The lowest BCUT2D eigenvalue weighted by molar-refractivity contribution is -0.769.